The summed E-state index contributed by atoms with van der Waals surface area (Å²) in [7, 11) is 0. The van der Waals surface area contributed by atoms with Crippen molar-refractivity contribution >= 4 is 11.9 Å². The topological polar surface area (TPSA) is 52.6 Å². The SMILES string of the molecule is CCC(CC(=O)OCC(C)C)(C(=O)OCC(C)C)C1CCCCC1. The van der Waals surface area contributed by atoms with Crippen LogP contribution in [-0.2, 0) is 19.1 Å². The van der Waals surface area contributed by atoms with Crippen LogP contribution in [0.3, 0.4) is 0 Å². The van der Waals surface area contributed by atoms with Gasteiger partial charge < -0.3 is 9.47 Å². The Morgan fingerprint density at radius 3 is 2.00 bits per heavy atom. The fraction of sp³-hybridized carbons (Fsp3) is 0.900. The summed E-state index contributed by atoms with van der Waals surface area (Å²) in [6.07, 6.45) is 6.26. The first-order valence-electron chi connectivity index (χ1n) is 9.64. The zero-order valence-corrected chi connectivity index (χ0v) is 16.2. The van der Waals surface area contributed by atoms with Crippen molar-refractivity contribution in [3.05, 3.63) is 0 Å². The lowest BCUT2D eigenvalue weighted by atomic mass is 9.65. The third kappa shape index (κ3) is 6.10. The maximum Gasteiger partial charge on any atom is 0.312 e. The van der Waals surface area contributed by atoms with Gasteiger partial charge in [-0.2, -0.15) is 0 Å². The molecule has 0 amide bonds. The van der Waals surface area contributed by atoms with Crippen LogP contribution < -0.4 is 0 Å². The molecule has 0 bridgehead atoms. The van der Waals surface area contributed by atoms with E-state index in [2.05, 4.69) is 0 Å². The smallest absolute Gasteiger partial charge is 0.312 e. The zero-order chi connectivity index (χ0) is 18.2. The van der Waals surface area contributed by atoms with Crippen LogP contribution in [0.1, 0.15) is 79.6 Å². The third-order valence-corrected chi connectivity index (χ3v) is 5.01. The summed E-state index contributed by atoms with van der Waals surface area (Å²) in [5, 5.41) is 0. The fourth-order valence-corrected chi connectivity index (χ4v) is 3.55. The van der Waals surface area contributed by atoms with E-state index in [0.29, 0.717) is 31.5 Å². The molecule has 24 heavy (non-hydrogen) atoms. The van der Waals surface area contributed by atoms with Crippen LogP contribution in [-0.4, -0.2) is 25.2 Å². The molecular formula is C20H36O4. The predicted molar refractivity (Wildman–Crippen MR) is 95.5 cm³/mol. The molecule has 0 spiro atoms. The molecule has 1 unspecified atom stereocenters. The molecule has 0 heterocycles. The van der Waals surface area contributed by atoms with Gasteiger partial charge in [0, 0.05) is 0 Å². The Morgan fingerprint density at radius 2 is 1.50 bits per heavy atom. The van der Waals surface area contributed by atoms with Crippen molar-refractivity contribution in [1.29, 1.82) is 0 Å². The molecule has 1 rings (SSSR count). The normalized spacial score (nSPS) is 18.5. The highest BCUT2D eigenvalue weighted by Gasteiger charge is 2.47. The summed E-state index contributed by atoms with van der Waals surface area (Å²) in [5.41, 5.74) is -0.719. The summed E-state index contributed by atoms with van der Waals surface area (Å²) in [4.78, 5) is 25.3. The van der Waals surface area contributed by atoms with Crippen LogP contribution in [0.4, 0.5) is 0 Å². The first-order valence-corrected chi connectivity index (χ1v) is 9.64. The van der Waals surface area contributed by atoms with Crippen molar-refractivity contribution in [2.75, 3.05) is 13.2 Å². The van der Waals surface area contributed by atoms with E-state index in [9.17, 15) is 9.59 Å². The van der Waals surface area contributed by atoms with Gasteiger partial charge in [-0.05, 0) is 37.0 Å². The minimum Gasteiger partial charge on any atom is -0.465 e. The molecule has 1 saturated carbocycles. The molecule has 4 nitrogen and oxygen atoms in total. The van der Waals surface area contributed by atoms with Gasteiger partial charge in [-0.3, -0.25) is 9.59 Å². The second-order valence-corrected chi connectivity index (χ2v) is 8.09. The number of carbonyl (C=O) groups excluding carboxylic acids is 2. The molecule has 1 aliphatic rings. The van der Waals surface area contributed by atoms with Crippen molar-refractivity contribution in [3.63, 3.8) is 0 Å². The van der Waals surface area contributed by atoms with Gasteiger partial charge in [0.05, 0.1) is 25.0 Å². The highest BCUT2D eigenvalue weighted by atomic mass is 16.5. The van der Waals surface area contributed by atoms with Crippen LogP contribution >= 0.6 is 0 Å². The highest BCUT2D eigenvalue weighted by molar-refractivity contribution is 5.84. The van der Waals surface area contributed by atoms with Crippen LogP contribution in [0.25, 0.3) is 0 Å². The standard InChI is InChI=1S/C20H36O4/c1-6-20(17-10-8-7-9-11-17,19(22)24-14-16(4)5)12-18(21)23-13-15(2)3/h15-17H,6-14H2,1-5H3. The van der Waals surface area contributed by atoms with Crippen molar-refractivity contribution in [1.82, 2.24) is 0 Å². The lowest BCUT2D eigenvalue weighted by molar-refractivity contribution is -0.169. The number of rotatable bonds is 9. The van der Waals surface area contributed by atoms with E-state index in [1.54, 1.807) is 0 Å². The van der Waals surface area contributed by atoms with Gasteiger partial charge in [0.2, 0.25) is 0 Å². The zero-order valence-electron chi connectivity index (χ0n) is 16.2. The van der Waals surface area contributed by atoms with Crippen LogP contribution in [0.15, 0.2) is 0 Å². The van der Waals surface area contributed by atoms with Gasteiger partial charge in [-0.25, -0.2) is 0 Å². The molecule has 4 heteroatoms. The maximum absolute atomic E-state index is 12.9. The molecular weight excluding hydrogens is 304 g/mol. The quantitative estimate of drug-likeness (QED) is 0.568. The Balaban J connectivity index is 2.90. The van der Waals surface area contributed by atoms with Gasteiger partial charge >= 0.3 is 11.9 Å². The number of esters is 2. The van der Waals surface area contributed by atoms with Crippen molar-refractivity contribution in [2.24, 2.45) is 23.2 Å². The monoisotopic (exact) mass is 340 g/mol. The summed E-state index contributed by atoms with van der Waals surface area (Å²) < 4.78 is 11.0. The number of ether oxygens (including phenoxy) is 2. The predicted octanol–water partition coefficient (Wildman–Crippen LogP) is 4.75. The van der Waals surface area contributed by atoms with E-state index >= 15 is 0 Å². The van der Waals surface area contributed by atoms with Crippen LogP contribution in [0.2, 0.25) is 0 Å². The Hall–Kier alpha value is -1.06. The third-order valence-electron chi connectivity index (χ3n) is 5.01. The minimum atomic E-state index is -0.719. The summed E-state index contributed by atoms with van der Waals surface area (Å²) in [6.45, 7) is 10.9. The Labute approximate surface area is 147 Å². The van der Waals surface area contributed by atoms with E-state index < -0.39 is 5.41 Å². The number of carbonyl (C=O) groups is 2. The van der Waals surface area contributed by atoms with Gasteiger partial charge in [-0.15, -0.1) is 0 Å². The van der Waals surface area contributed by atoms with Gasteiger partial charge in [0.15, 0.2) is 0 Å². The van der Waals surface area contributed by atoms with Crippen LogP contribution in [0, 0.1) is 23.2 Å². The van der Waals surface area contributed by atoms with Crippen molar-refractivity contribution in [3.8, 4) is 0 Å². The average Bonchev–Trinajstić information content (AvgIpc) is 2.56. The molecule has 1 atom stereocenters. The van der Waals surface area contributed by atoms with E-state index in [1.165, 1.54) is 6.42 Å². The van der Waals surface area contributed by atoms with Gasteiger partial charge in [0.1, 0.15) is 0 Å². The largest absolute Gasteiger partial charge is 0.465 e. The second-order valence-electron chi connectivity index (χ2n) is 8.09. The maximum atomic E-state index is 12.9. The molecule has 1 fully saturated rings. The summed E-state index contributed by atoms with van der Waals surface area (Å²) in [6, 6.07) is 0. The lowest BCUT2D eigenvalue weighted by Crippen LogP contribution is -2.43. The van der Waals surface area contributed by atoms with E-state index in [-0.39, 0.29) is 24.3 Å². The van der Waals surface area contributed by atoms with Gasteiger partial charge in [0.25, 0.3) is 0 Å². The Bertz CT molecular complexity index is 396. The van der Waals surface area contributed by atoms with E-state index in [1.807, 2.05) is 34.6 Å². The first kappa shape index (κ1) is 21.0. The molecule has 0 aromatic heterocycles. The summed E-state index contributed by atoms with van der Waals surface area (Å²) >= 11 is 0. The minimum absolute atomic E-state index is 0.151. The molecule has 0 N–H and O–H groups in total. The van der Waals surface area contributed by atoms with E-state index in [0.717, 1.165) is 25.7 Å². The Morgan fingerprint density at radius 1 is 0.958 bits per heavy atom. The fourth-order valence-electron chi connectivity index (χ4n) is 3.55. The lowest BCUT2D eigenvalue weighted by Gasteiger charge is -2.39. The average molecular weight is 341 g/mol. The van der Waals surface area contributed by atoms with Crippen molar-refractivity contribution < 1.29 is 19.1 Å². The van der Waals surface area contributed by atoms with Crippen LogP contribution in [0.5, 0.6) is 0 Å². The molecule has 1 aliphatic carbocycles. The van der Waals surface area contributed by atoms with Gasteiger partial charge in [-0.1, -0.05) is 53.9 Å². The van der Waals surface area contributed by atoms with Crippen molar-refractivity contribution in [2.45, 2.75) is 79.6 Å². The second kappa shape index (κ2) is 10.0. The molecule has 0 aliphatic heterocycles. The number of hydrogen-bond acceptors (Lipinski definition) is 4. The molecule has 0 aromatic carbocycles. The molecule has 140 valence electrons. The highest BCUT2D eigenvalue weighted by Crippen LogP contribution is 2.45. The molecule has 0 radical (unpaired) electrons. The summed E-state index contributed by atoms with van der Waals surface area (Å²) in [5.74, 6) is 0.350. The molecule has 0 saturated heterocycles. The Kier molecular flexibility index (Phi) is 8.79. The first-order chi connectivity index (χ1) is 11.3. The van der Waals surface area contributed by atoms with E-state index in [4.69, 9.17) is 9.47 Å². The molecule has 0 aromatic rings. The number of hydrogen-bond donors (Lipinski definition) is 0.